The van der Waals surface area contributed by atoms with E-state index in [1.165, 1.54) is 12.1 Å². The van der Waals surface area contributed by atoms with Gasteiger partial charge in [-0.15, -0.1) is 13.2 Å². The molecule has 0 aliphatic heterocycles. The third-order valence-electron chi connectivity index (χ3n) is 3.88. The van der Waals surface area contributed by atoms with Crippen LogP contribution in [0.5, 0.6) is 5.75 Å². The summed E-state index contributed by atoms with van der Waals surface area (Å²) in [7, 11) is 0. The maximum absolute atomic E-state index is 12.2. The fourth-order valence-corrected chi connectivity index (χ4v) is 2.32. The van der Waals surface area contributed by atoms with Gasteiger partial charge in [-0.1, -0.05) is 11.2 Å². The molecule has 0 aliphatic rings. The van der Waals surface area contributed by atoms with Gasteiger partial charge >= 0.3 is 12.3 Å². The molecule has 1 aromatic heterocycles. The van der Waals surface area contributed by atoms with Gasteiger partial charge in [0.25, 0.3) is 5.89 Å². The van der Waals surface area contributed by atoms with Crippen molar-refractivity contribution in [3.8, 4) is 17.1 Å². The summed E-state index contributed by atoms with van der Waals surface area (Å²) >= 11 is 0. The summed E-state index contributed by atoms with van der Waals surface area (Å²) < 4.78 is 50.5. The van der Waals surface area contributed by atoms with E-state index in [0.29, 0.717) is 11.1 Å². The van der Waals surface area contributed by atoms with Crippen molar-refractivity contribution in [3.63, 3.8) is 0 Å². The standard InChI is InChI=1S/C19H15F3N2O4/c1-11-3-4-14(9-12(11)2)18(25)26-10-16-23-17(24-28-16)13-5-7-15(8-6-13)27-19(20,21)22/h3-9H,10H2,1-2H3. The molecule has 0 saturated carbocycles. The van der Waals surface area contributed by atoms with Crippen LogP contribution < -0.4 is 4.74 Å². The molecule has 3 aromatic rings. The van der Waals surface area contributed by atoms with Gasteiger partial charge in [-0.25, -0.2) is 4.79 Å². The summed E-state index contributed by atoms with van der Waals surface area (Å²) in [4.78, 5) is 16.2. The number of ether oxygens (including phenoxy) is 2. The second-order valence-corrected chi connectivity index (χ2v) is 5.96. The van der Waals surface area contributed by atoms with Crippen molar-refractivity contribution in [2.24, 2.45) is 0 Å². The third-order valence-corrected chi connectivity index (χ3v) is 3.88. The number of aromatic nitrogens is 2. The average Bonchev–Trinajstić information content (AvgIpc) is 3.10. The molecule has 2 aromatic carbocycles. The van der Waals surface area contributed by atoms with Crippen LogP contribution in [0.15, 0.2) is 47.0 Å². The first-order valence-corrected chi connectivity index (χ1v) is 8.14. The molecule has 0 saturated heterocycles. The van der Waals surface area contributed by atoms with E-state index >= 15 is 0 Å². The molecule has 0 spiro atoms. The number of esters is 1. The summed E-state index contributed by atoms with van der Waals surface area (Å²) in [5, 5.41) is 3.73. The second kappa shape index (κ2) is 7.71. The van der Waals surface area contributed by atoms with Gasteiger partial charge in [-0.3, -0.25) is 0 Å². The summed E-state index contributed by atoms with van der Waals surface area (Å²) in [6.07, 6.45) is -4.76. The number of alkyl halides is 3. The number of nitrogens with zero attached hydrogens (tertiary/aromatic N) is 2. The van der Waals surface area contributed by atoms with Gasteiger partial charge in [0, 0.05) is 5.56 Å². The molecule has 0 radical (unpaired) electrons. The van der Waals surface area contributed by atoms with Gasteiger partial charge in [0.1, 0.15) is 5.75 Å². The van der Waals surface area contributed by atoms with E-state index < -0.39 is 12.3 Å². The number of hydrogen-bond donors (Lipinski definition) is 0. The lowest BCUT2D eigenvalue weighted by molar-refractivity contribution is -0.274. The quantitative estimate of drug-likeness (QED) is 0.591. The van der Waals surface area contributed by atoms with Crippen LogP contribution in [0.25, 0.3) is 11.4 Å². The normalized spacial score (nSPS) is 11.3. The van der Waals surface area contributed by atoms with Gasteiger partial charge in [-0.05, 0) is 61.4 Å². The lowest BCUT2D eigenvalue weighted by Gasteiger charge is -2.08. The van der Waals surface area contributed by atoms with E-state index in [1.54, 1.807) is 12.1 Å². The SMILES string of the molecule is Cc1ccc(C(=O)OCc2nc(-c3ccc(OC(F)(F)F)cc3)no2)cc1C. The van der Waals surface area contributed by atoms with Crippen LogP contribution in [-0.2, 0) is 11.3 Å². The van der Waals surface area contributed by atoms with Crippen LogP contribution in [0.4, 0.5) is 13.2 Å². The van der Waals surface area contributed by atoms with Crippen LogP contribution in [0, 0.1) is 13.8 Å². The number of hydrogen-bond acceptors (Lipinski definition) is 6. The summed E-state index contributed by atoms with van der Waals surface area (Å²) in [5.41, 5.74) is 2.85. The number of aryl methyl sites for hydroxylation is 2. The van der Waals surface area contributed by atoms with Crippen molar-refractivity contribution < 1.29 is 32.0 Å². The molecule has 146 valence electrons. The maximum Gasteiger partial charge on any atom is 0.573 e. The Hall–Kier alpha value is -3.36. The Morgan fingerprint density at radius 1 is 1.07 bits per heavy atom. The van der Waals surface area contributed by atoms with Crippen LogP contribution in [0.2, 0.25) is 0 Å². The zero-order chi connectivity index (χ0) is 20.3. The predicted octanol–water partition coefficient (Wildman–Crippen LogP) is 4.61. The number of rotatable bonds is 5. The fourth-order valence-electron chi connectivity index (χ4n) is 2.32. The molecule has 1 heterocycles. The van der Waals surface area contributed by atoms with Crippen LogP contribution in [-0.4, -0.2) is 22.5 Å². The van der Waals surface area contributed by atoms with E-state index in [4.69, 9.17) is 9.26 Å². The molecule has 0 fully saturated rings. The minimum atomic E-state index is -4.76. The Kier molecular flexibility index (Phi) is 5.34. The Bertz CT molecular complexity index is 982. The number of carbonyl (C=O) groups excluding carboxylic acids is 1. The van der Waals surface area contributed by atoms with Gasteiger partial charge in [0.15, 0.2) is 6.61 Å². The van der Waals surface area contributed by atoms with Crippen molar-refractivity contribution in [2.75, 3.05) is 0 Å². The number of benzene rings is 2. The molecule has 3 rings (SSSR count). The van der Waals surface area contributed by atoms with Crippen molar-refractivity contribution in [1.82, 2.24) is 10.1 Å². The third kappa shape index (κ3) is 4.87. The van der Waals surface area contributed by atoms with Crippen molar-refractivity contribution in [1.29, 1.82) is 0 Å². The highest BCUT2D eigenvalue weighted by Gasteiger charge is 2.31. The first-order valence-electron chi connectivity index (χ1n) is 8.14. The number of halogens is 3. The van der Waals surface area contributed by atoms with E-state index in [0.717, 1.165) is 23.3 Å². The smallest absolute Gasteiger partial charge is 0.452 e. The van der Waals surface area contributed by atoms with Gasteiger partial charge in [0.2, 0.25) is 5.82 Å². The fraction of sp³-hybridized carbons (Fsp3) is 0.211. The monoisotopic (exact) mass is 392 g/mol. The molecule has 0 atom stereocenters. The highest BCUT2D eigenvalue weighted by Crippen LogP contribution is 2.25. The van der Waals surface area contributed by atoms with Gasteiger partial charge < -0.3 is 14.0 Å². The highest BCUT2D eigenvalue weighted by atomic mass is 19.4. The van der Waals surface area contributed by atoms with Gasteiger partial charge in [-0.2, -0.15) is 4.98 Å². The Morgan fingerprint density at radius 3 is 2.43 bits per heavy atom. The van der Waals surface area contributed by atoms with E-state index in [9.17, 15) is 18.0 Å². The first kappa shape index (κ1) is 19.4. The van der Waals surface area contributed by atoms with Crippen LogP contribution in [0.1, 0.15) is 27.4 Å². The summed E-state index contributed by atoms with van der Waals surface area (Å²) in [6.45, 7) is 3.60. The van der Waals surface area contributed by atoms with Crippen molar-refractivity contribution in [2.45, 2.75) is 26.8 Å². The Morgan fingerprint density at radius 2 is 1.79 bits per heavy atom. The minimum Gasteiger partial charge on any atom is -0.452 e. The molecule has 0 unspecified atom stereocenters. The summed E-state index contributed by atoms with van der Waals surface area (Å²) in [6, 6.07) is 10.2. The van der Waals surface area contributed by atoms with Gasteiger partial charge in [0.05, 0.1) is 5.56 Å². The van der Waals surface area contributed by atoms with E-state index in [1.807, 2.05) is 19.9 Å². The molecule has 0 N–H and O–H groups in total. The van der Waals surface area contributed by atoms with Crippen LogP contribution in [0.3, 0.4) is 0 Å². The molecule has 0 bridgehead atoms. The molecular weight excluding hydrogens is 377 g/mol. The van der Waals surface area contributed by atoms with E-state index in [2.05, 4.69) is 14.9 Å². The number of carbonyl (C=O) groups is 1. The molecule has 0 aliphatic carbocycles. The van der Waals surface area contributed by atoms with Crippen molar-refractivity contribution >= 4 is 5.97 Å². The first-order chi connectivity index (χ1) is 13.2. The maximum atomic E-state index is 12.2. The zero-order valence-corrected chi connectivity index (χ0v) is 14.9. The molecule has 28 heavy (non-hydrogen) atoms. The van der Waals surface area contributed by atoms with Crippen LogP contribution >= 0.6 is 0 Å². The lowest BCUT2D eigenvalue weighted by atomic mass is 10.1. The second-order valence-electron chi connectivity index (χ2n) is 5.96. The minimum absolute atomic E-state index is 0.0581. The van der Waals surface area contributed by atoms with Crippen molar-refractivity contribution in [3.05, 3.63) is 65.0 Å². The zero-order valence-electron chi connectivity index (χ0n) is 14.9. The molecule has 9 heteroatoms. The average molecular weight is 392 g/mol. The summed E-state index contributed by atoms with van der Waals surface area (Å²) in [5.74, 6) is -0.683. The van der Waals surface area contributed by atoms with E-state index in [-0.39, 0.29) is 24.1 Å². The molecular formula is C19H15F3N2O4. The largest absolute Gasteiger partial charge is 0.573 e. The Labute approximate surface area is 157 Å². The highest BCUT2D eigenvalue weighted by molar-refractivity contribution is 5.89. The topological polar surface area (TPSA) is 74.5 Å². The molecule has 6 nitrogen and oxygen atoms in total. The Balaban J connectivity index is 1.62. The predicted molar refractivity (Wildman–Crippen MR) is 91.5 cm³/mol. The molecule has 0 amide bonds. The lowest BCUT2D eigenvalue weighted by Crippen LogP contribution is -2.16.